The van der Waals surface area contributed by atoms with Crippen LogP contribution in [0.2, 0.25) is 0 Å². The summed E-state index contributed by atoms with van der Waals surface area (Å²) in [7, 11) is 0. The van der Waals surface area contributed by atoms with Gasteiger partial charge in [-0.05, 0) is 77.3 Å². The molecule has 0 spiro atoms. The van der Waals surface area contributed by atoms with Gasteiger partial charge >= 0.3 is 6.09 Å². The van der Waals surface area contributed by atoms with Crippen molar-refractivity contribution in [1.82, 2.24) is 51.6 Å². The number of hydrogen-bond acceptors (Lipinski definition) is 12. The number of nitrogens with one attached hydrogen (secondary N) is 7. The van der Waals surface area contributed by atoms with Crippen molar-refractivity contribution in [2.24, 2.45) is 5.73 Å². The maximum Gasteiger partial charge on any atom is 0.407 e. The Morgan fingerprint density at radius 1 is 0.627 bits per heavy atom. The number of rotatable bonds is 15. The molecule has 5 aromatic carbocycles. The minimum absolute atomic E-state index is 0.0109. The van der Waals surface area contributed by atoms with E-state index in [-0.39, 0.29) is 64.8 Å². The van der Waals surface area contributed by atoms with Gasteiger partial charge in [0.1, 0.15) is 54.7 Å². The molecule has 0 aliphatic carbocycles. The van der Waals surface area contributed by atoms with Gasteiger partial charge in [-0.15, -0.1) is 0 Å². The van der Waals surface area contributed by atoms with Gasteiger partial charge in [0.05, 0.1) is 6.54 Å². The first-order valence-electron chi connectivity index (χ1n) is 28.8. The number of benzene rings is 5. The lowest BCUT2D eigenvalue weighted by Gasteiger charge is -2.37. The Morgan fingerprint density at radius 2 is 1.28 bits per heavy atom. The van der Waals surface area contributed by atoms with Gasteiger partial charge in [0.2, 0.25) is 35.4 Å². The second kappa shape index (κ2) is 27.5. The quantitative estimate of drug-likeness (QED) is 0.0739. The van der Waals surface area contributed by atoms with Crippen molar-refractivity contribution in [2.45, 2.75) is 100 Å². The Hall–Kier alpha value is -8.59. The minimum Gasteiger partial charge on any atom is -0.489 e. The summed E-state index contributed by atoms with van der Waals surface area (Å²) in [6.45, 7) is 2.85. The third-order valence-electron chi connectivity index (χ3n) is 16.1. The Kier molecular flexibility index (Phi) is 19.1. The molecule has 10 rings (SSSR count). The van der Waals surface area contributed by atoms with Gasteiger partial charge in [0, 0.05) is 88.7 Å². The molecule has 6 aromatic rings. The lowest BCUT2D eigenvalue weighted by atomic mass is 10.00. The molecule has 1 aromatic heterocycles. The molecule has 3 fully saturated rings. The van der Waals surface area contributed by atoms with E-state index in [1.54, 1.807) is 18.3 Å². The number of carbonyl (C=O) groups excluding carboxylic acids is 7. The van der Waals surface area contributed by atoms with Gasteiger partial charge in [0.15, 0.2) is 0 Å². The van der Waals surface area contributed by atoms with Crippen LogP contribution in [0, 0.1) is 0 Å². The third kappa shape index (κ3) is 14.7. The number of para-hydroxylation sites is 1. The molecule has 20 heteroatoms. The highest BCUT2D eigenvalue weighted by molar-refractivity contribution is 5.99. The fourth-order valence-electron chi connectivity index (χ4n) is 11.6. The van der Waals surface area contributed by atoms with E-state index < -0.39 is 83.9 Å². The van der Waals surface area contributed by atoms with Crippen molar-refractivity contribution in [3.05, 3.63) is 173 Å². The van der Waals surface area contributed by atoms with E-state index >= 15 is 28.8 Å². The van der Waals surface area contributed by atoms with Gasteiger partial charge in [0.25, 0.3) is 0 Å². The molecule has 83 heavy (non-hydrogen) atoms. The Balaban J connectivity index is 1.06. The lowest BCUT2D eigenvalue weighted by molar-refractivity contribution is -0.151. The smallest absolute Gasteiger partial charge is 0.407 e. The highest BCUT2D eigenvalue weighted by Gasteiger charge is 2.47. The van der Waals surface area contributed by atoms with E-state index in [0.29, 0.717) is 62.5 Å². The fourth-order valence-corrected chi connectivity index (χ4v) is 11.6. The predicted molar refractivity (Wildman–Crippen MR) is 311 cm³/mol. The van der Waals surface area contributed by atoms with E-state index in [9.17, 15) is 4.79 Å². The number of aryl methyl sites for hydroxylation is 2. The van der Waals surface area contributed by atoms with Crippen molar-refractivity contribution in [1.29, 1.82) is 0 Å². The summed E-state index contributed by atoms with van der Waals surface area (Å²) < 4.78 is 12.0. The third-order valence-corrected chi connectivity index (χ3v) is 16.1. The van der Waals surface area contributed by atoms with Crippen LogP contribution in [0.1, 0.15) is 52.6 Å². The largest absolute Gasteiger partial charge is 0.489 e. The van der Waals surface area contributed by atoms with E-state index in [0.717, 1.165) is 33.2 Å². The van der Waals surface area contributed by atoms with E-state index in [4.69, 9.17) is 15.2 Å². The van der Waals surface area contributed by atoms with Gasteiger partial charge in [-0.25, -0.2) is 4.79 Å². The zero-order chi connectivity index (χ0) is 57.7. The SMILES string of the molecule is NCCNC(=O)O[C@@H]1C[C@H]2C(=O)N[C@@H](CCc3ccccc3)C(=O)N[C@@H](Cc3c[nH]c4ccccc34)C(=O)N[C@@H](CN3CCNCC3)C(=O)N[C@@H](Cc3ccc(OCc4ccccc4)cc3)C(=O)N3Cc4ccccc4CC[C@H]3C(=O)N2C1. The van der Waals surface area contributed by atoms with Gasteiger partial charge in [-0.2, -0.15) is 0 Å². The molecule has 0 radical (unpaired) electrons. The Bertz CT molecular complexity index is 3230. The molecule has 7 amide bonds. The number of aromatic nitrogens is 1. The van der Waals surface area contributed by atoms with Crippen molar-refractivity contribution < 1.29 is 43.0 Å². The number of fused-ring (bicyclic) bond motifs is 4. The molecule has 0 saturated carbocycles. The number of H-pyrrole nitrogens is 1. The van der Waals surface area contributed by atoms with Gasteiger partial charge in [-0.1, -0.05) is 115 Å². The number of hydrogen-bond donors (Lipinski definition) is 8. The highest BCUT2D eigenvalue weighted by atomic mass is 16.6. The minimum atomic E-state index is -1.30. The molecule has 9 N–H and O–H groups in total. The monoisotopic (exact) mass is 1130 g/mol. The molecule has 4 aliphatic heterocycles. The molecule has 4 aliphatic rings. The average molecular weight is 1130 g/mol. The summed E-state index contributed by atoms with van der Waals surface area (Å²) in [6, 6.07) is 34.1. The molecule has 3 saturated heterocycles. The number of amides is 7. The molecule has 434 valence electrons. The first-order valence-corrected chi connectivity index (χ1v) is 28.8. The second-order valence-electron chi connectivity index (χ2n) is 21.8. The van der Waals surface area contributed by atoms with Gasteiger partial charge in [-0.3, -0.25) is 33.7 Å². The van der Waals surface area contributed by atoms with E-state index in [2.05, 4.69) is 41.8 Å². The predicted octanol–water partition coefficient (Wildman–Crippen LogP) is 3.02. The maximum atomic E-state index is 16.0. The summed E-state index contributed by atoms with van der Waals surface area (Å²) in [5, 5.41) is 18.9. The molecule has 0 unspecified atom stereocenters. The first-order chi connectivity index (χ1) is 40.5. The number of nitrogens with two attached hydrogens (primary N) is 1. The Morgan fingerprint density at radius 3 is 2.04 bits per heavy atom. The van der Waals surface area contributed by atoms with Crippen LogP contribution < -0.4 is 42.4 Å². The van der Waals surface area contributed by atoms with Crippen LogP contribution in [0.15, 0.2) is 140 Å². The van der Waals surface area contributed by atoms with Crippen LogP contribution in [0.5, 0.6) is 5.75 Å². The molecule has 7 atom stereocenters. The van der Waals surface area contributed by atoms with Crippen molar-refractivity contribution in [2.75, 3.05) is 52.4 Å². The van der Waals surface area contributed by atoms with E-state index in [1.807, 2.05) is 121 Å². The van der Waals surface area contributed by atoms with Crippen molar-refractivity contribution >= 4 is 52.4 Å². The van der Waals surface area contributed by atoms with Gasteiger partial charge < -0.3 is 61.9 Å². The summed E-state index contributed by atoms with van der Waals surface area (Å²) in [5.41, 5.74) is 11.5. The van der Waals surface area contributed by atoms with Crippen LogP contribution >= 0.6 is 0 Å². The zero-order valence-corrected chi connectivity index (χ0v) is 46.4. The molecule has 5 heterocycles. The normalized spacial score (nSPS) is 23.0. The number of nitrogens with zero attached hydrogens (tertiary/aromatic N) is 3. The standard InChI is InChI=1S/C63H73N11O9/c64-27-28-66-63(81)83-48-35-56-60(78)68-51(25-21-41-11-3-1-4-12-41)57(75)69-52(34-46-36-67-50-18-10-9-17-49(46)50)58(76)71-54(39-72-31-29-65-30-32-72)59(77)70-53(33-42-19-23-47(24-20-42)82-40-43-13-5-2-6-14-43)61(79)73-37-45-16-8-7-15-44(45)22-26-55(73)62(80)74(56)38-48/h1-20,23-24,36,48,51-56,65,67H,21-22,25-35,37-40,64H2,(H,66,81)(H,68,78)(H,69,75)(H,70,77)(H,71,76)/t48-,51+,52+,53+,54+,55+,56+/m1/s1. The van der Waals surface area contributed by atoms with Crippen LogP contribution in [0.25, 0.3) is 10.9 Å². The number of ether oxygens (including phenoxy) is 2. The zero-order valence-electron chi connectivity index (χ0n) is 46.4. The Labute approximate surface area is 482 Å². The topological polar surface area (TPSA) is 262 Å². The lowest BCUT2D eigenvalue weighted by Crippen LogP contribution is -2.63. The number of carbonyl (C=O) groups is 7. The molecule has 20 nitrogen and oxygen atoms in total. The summed E-state index contributed by atoms with van der Waals surface area (Å²) in [4.78, 5) is 114. The van der Waals surface area contributed by atoms with Crippen LogP contribution in [-0.4, -0.2) is 156 Å². The summed E-state index contributed by atoms with van der Waals surface area (Å²) in [6.07, 6.45) is 0.819. The summed E-state index contributed by atoms with van der Waals surface area (Å²) >= 11 is 0. The van der Waals surface area contributed by atoms with Crippen molar-refractivity contribution in [3.63, 3.8) is 0 Å². The first kappa shape index (κ1) is 57.6. The average Bonchev–Trinajstić information content (AvgIpc) is 4.32. The van der Waals surface area contributed by atoms with Crippen LogP contribution in [0.3, 0.4) is 0 Å². The highest BCUT2D eigenvalue weighted by Crippen LogP contribution is 2.30. The van der Waals surface area contributed by atoms with Crippen LogP contribution in [-0.2, 0) is 72.3 Å². The maximum absolute atomic E-state index is 16.0. The second-order valence-corrected chi connectivity index (χ2v) is 21.8. The van der Waals surface area contributed by atoms with Crippen molar-refractivity contribution in [3.8, 4) is 5.75 Å². The molecule has 0 bridgehead atoms. The molecular weight excluding hydrogens is 1050 g/mol. The fraction of sp³-hybridized carbons (Fsp3) is 0.381. The van der Waals surface area contributed by atoms with Crippen LogP contribution in [0.4, 0.5) is 4.79 Å². The summed E-state index contributed by atoms with van der Waals surface area (Å²) in [5.74, 6) is -3.21. The number of alkyl carbamates (subject to hydrolysis) is 1. The number of aromatic amines is 1. The number of piperazine rings is 1. The molecular formula is C63H73N11O9. The van der Waals surface area contributed by atoms with E-state index in [1.165, 1.54) is 9.80 Å².